The van der Waals surface area contributed by atoms with Crippen LogP contribution in [0.4, 0.5) is 0 Å². The second kappa shape index (κ2) is 7.28. The molecule has 0 aliphatic carbocycles. The minimum Gasteiger partial charge on any atom is -0.383 e. The van der Waals surface area contributed by atoms with E-state index in [9.17, 15) is 0 Å². The van der Waals surface area contributed by atoms with E-state index in [1.54, 1.807) is 7.11 Å². The first kappa shape index (κ1) is 15.7. The number of nitrogens with two attached hydrogens (primary N) is 1. The monoisotopic (exact) mass is 281 g/mol. The fourth-order valence-corrected chi connectivity index (χ4v) is 2.03. The van der Waals surface area contributed by atoms with Gasteiger partial charge in [0, 0.05) is 25.4 Å². The Labute approximate surface area is 120 Å². The fraction of sp³-hybridized carbons (Fsp3) is 0.357. The number of nitrogens with zero attached hydrogens (tertiary/aromatic N) is 2. The highest BCUT2D eigenvalue weighted by atomic mass is 35.5. The lowest BCUT2D eigenvalue weighted by Crippen LogP contribution is -2.03. The highest BCUT2D eigenvalue weighted by Gasteiger charge is 2.07. The first-order chi connectivity index (χ1) is 8.76. The zero-order chi connectivity index (χ0) is 13.0. The maximum Gasteiger partial charge on any atom is 0.0658 e. The predicted molar refractivity (Wildman–Crippen MR) is 79.4 cm³/mol. The summed E-state index contributed by atoms with van der Waals surface area (Å²) in [5, 5.41) is 4.33. The van der Waals surface area contributed by atoms with Gasteiger partial charge in [0.2, 0.25) is 0 Å². The first-order valence-corrected chi connectivity index (χ1v) is 6.06. The van der Waals surface area contributed by atoms with Crippen molar-refractivity contribution < 1.29 is 4.74 Å². The van der Waals surface area contributed by atoms with Crippen molar-refractivity contribution in [3.8, 4) is 11.1 Å². The molecule has 4 nitrogen and oxygen atoms in total. The standard InChI is InChI=1S/C14H19N3O.ClH/c1-11-12(8-15)4-3-5-14(11)13-9-16-17(10-13)6-7-18-2;/h3-5,9-10H,6-8,15H2,1-2H3;1H. The van der Waals surface area contributed by atoms with Gasteiger partial charge in [-0.25, -0.2) is 0 Å². The van der Waals surface area contributed by atoms with Gasteiger partial charge in [-0.1, -0.05) is 18.2 Å². The smallest absolute Gasteiger partial charge is 0.0658 e. The maximum absolute atomic E-state index is 5.73. The van der Waals surface area contributed by atoms with Crippen molar-refractivity contribution in [1.82, 2.24) is 9.78 Å². The molecule has 0 aliphatic rings. The minimum absolute atomic E-state index is 0. The molecule has 0 saturated heterocycles. The predicted octanol–water partition coefficient (Wildman–Crippen LogP) is 2.39. The topological polar surface area (TPSA) is 53.1 Å². The normalized spacial score (nSPS) is 10.3. The lowest BCUT2D eigenvalue weighted by molar-refractivity contribution is 0.183. The van der Waals surface area contributed by atoms with Crippen LogP contribution in [0.25, 0.3) is 11.1 Å². The van der Waals surface area contributed by atoms with E-state index in [1.807, 2.05) is 23.1 Å². The van der Waals surface area contributed by atoms with E-state index in [2.05, 4.69) is 24.2 Å². The van der Waals surface area contributed by atoms with Crippen molar-refractivity contribution in [2.45, 2.75) is 20.0 Å². The Morgan fingerprint density at radius 2 is 2.16 bits per heavy atom. The molecular weight excluding hydrogens is 262 g/mol. The zero-order valence-corrected chi connectivity index (χ0v) is 12.1. The number of hydrogen-bond acceptors (Lipinski definition) is 3. The van der Waals surface area contributed by atoms with Gasteiger partial charge in [0.25, 0.3) is 0 Å². The molecule has 0 unspecified atom stereocenters. The quantitative estimate of drug-likeness (QED) is 0.915. The lowest BCUT2D eigenvalue weighted by atomic mass is 9.99. The van der Waals surface area contributed by atoms with Crippen molar-refractivity contribution in [3.05, 3.63) is 41.7 Å². The number of rotatable bonds is 5. The van der Waals surface area contributed by atoms with Gasteiger partial charge in [-0.3, -0.25) is 4.68 Å². The van der Waals surface area contributed by atoms with E-state index in [4.69, 9.17) is 10.5 Å². The molecule has 104 valence electrons. The maximum atomic E-state index is 5.73. The van der Waals surface area contributed by atoms with Crippen molar-refractivity contribution in [3.63, 3.8) is 0 Å². The van der Waals surface area contributed by atoms with Crippen LogP contribution in [0.3, 0.4) is 0 Å². The van der Waals surface area contributed by atoms with Crippen molar-refractivity contribution in [2.75, 3.05) is 13.7 Å². The second-order valence-electron chi connectivity index (χ2n) is 4.28. The van der Waals surface area contributed by atoms with Crippen LogP contribution in [0, 0.1) is 6.92 Å². The summed E-state index contributed by atoms with van der Waals surface area (Å²) in [5.74, 6) is 0. The van der Waals surface area contributed by atoms with Gasteiger partial charge in [0.05, 0.1) is 19.3 Å². The number of halogens is 1. The third-order valence-corrected chi connectivity index (χ3v) is 3.13. The summed E-state index contributed by atoms with van der Waals surface area (Å²) in [6.45, 7) is 4.11. The molecule has 0 bridgehead atoms. The number of benzene rings is 1. The first-order valence-electron chi connectivity index (χ1n) is 6.06. The third kappa shape index (κ3) is 3.56. The SMILES string of the molecule is COCCn1cc(-c2cccc(CN)c2C)cn1.Cl. The Balaban J connectivity index is 0.00000180. The van der Waals surface area contributed by atoms with Gasteiger partial charge in [0.1, 0.15) is 0 Å². The van der Waals surface area contributed by atoms with Crippen LogP contribution in [-0.4, -0.2) is 23.5 Å². The average Bonchev–Trinajstić information content (AvgIpc) is 2.85. The summed E-state index contributed by atoms with van der Waals surface area (Å²) in [6.07, 6.45) is 3.93. The number of methoxy groups -OCH3 is 1. The average molecular weight is 282 g/mol. The molecule has 0 aliphatic heterocycles. The summed E-state index contributed by atoms with van der Waals surface area (Å²) >= 11 is 0. The van der Waals surface area contributed by atoms with Crippen molar-refractivity contribution >= 4 is 12.4 Å². The molecule has 0 fully saturated rings. The number of aromatic nitrogens is 2. The molecule has 19 heavy (non-hydrogen) atoms. The fourth-order valence-electron chi connectivity index (χ4n) is 2.03. The highest BCUT2D eigenvalue weighted by Crippen LogP contribution is 2.25. The van der Waals surface area contributed by atoms with Crippen molar-refractivity contribution in [2.24, 2.45) is 5.73 Å². The third-order valence-electron chi connectivity index (χ3n) is 3.13. The van der Waals surface area contributed by atoms with E-state index in [-0.39, 0.29) is 12.4 Å². The molecule has 0 spiro atoms. The molecule has 0 saturated carbocycles. The summed E-state index contributed by atoms with van der Waals surface area (Å²) in [6, 6.07) is 6.21. The van der Waals surface area contributed by atoms with Gasteiger partial charge in [-0.2, -0.15) is 5.10 Å². The Bertz CT molecular complexity index is 525. The van der Waals surface area contributed by atoms with Gasteiger partial charge < -0.3 is 10.5 Å². The Morgan fingerprint density at radius 1 is 1.37 bits per heavy atom. The summed E-state index contributed by atoms with van der Waals surface area (Å²) in [4.78, 5) is 0. The van der Waals surface area contributed by atoms with E-state index >= 15 is 0 Å². The Hall–Kier alpha value is -1.36. The van der Waals surface area contributed by atoms with Crippen LogP contribution < -0.4 is 5.73 Å². The van der Waals surface area contributed by atoms with Crippen LogP contribution in [0.15, 0.2) is 30.6 Å². The van der Waals surface area contributed by atoms with Crippen LogP contribution in [0.5, 0.6) is 0 Å². The van der Waals surface area contributed by atoms with Gasteiger partial charge in [-0.05, 0) is 23.6 Å². The molecule has 2 N–H and O–H groups in total. The molecule has 0 amide bonds. The molecule has 2 rings (SSSR count). The van der Waals surface area contributed by atoms with Gasteiger partial charge in [0.15, 0.2) is 0 Å². The molecule has 5 heteroatoms. The van der Waals surface area contributed by atoms with E-state index in [1.165, 1.54) is 16.7 Å². The van der Waals surface area contributed by atoms with Gasteiger partial charge >= 0.3 is 0 Å². The Morgan fingerprint density at radius 3 is 2.84 bits per heavy atom. The van der Waals surface area contributed by atoms with E-state index < -0.39 is 0 Å². The van der Waals surface area contributed by atoms with Crippen LogP contribution in [-0.2, 0) is 17.8 Å². The summed E-state index contributed by atoms with van der Waals surface area (Å²) in [7, 11) is 1.69. The lowest BCUT2D eigenvalue weighted by Gasteiger charge is -2.08. The molecule has 1 aromatic carbocycles. The van der Waals surface area contributed by atoms with Crippen LogP contribution in [0.1, 0.15) is 11.1 Å². The largest absolute Gasteiger partial charge is 0.383 e. The van der Waals surface area contributed by atoms with E-state index in [0.717, 1.165) is 12.1 Å². The van der Waals surface area contributed by atoms with Crippen molar-refractivity contribution in [1.29, 1.82) is 0 Å². The molecule has 0 atom stereocenters. The number of hydrogen-bond donors (Lipinski definition) is 1. The molecule has 1 aromatic heterocycles. The molecular formula is C14H20ClN3O. The van der Waals surface area contributed by atoms with Crippen LogP contribution >= 0.6 is 12.4 Å². The molecule has 0 radical (unpaired) electrons. The summed E-state index contributed by atoms with van der Waals surface area (Å²) in [5.41, 5.74) is 10.5. The second-order valence-corrected chi connectivity index (χ2v) is 4.28. The Kier molecular flexibility index (Phi) is 6.02. The highest BCUT2D eigenvalue weighted by molar-refractivity contribution is 5.85. The van der Waals surface area contributed by atoms with Crippen LogP contribution in [0.2, 0.25) is 0 Å². The minimum atomic E-state index is 0. The van der Waals surface area contributed by atoms with E-state index in [0.29, 0.717) is 13.2 Å². The molecule has 1 heterocycles. The van der Waals surface area contributed by atoms with Gasteiger partial charge in [-0.15, -0.1) is 12.4 Å². The zero-order valence-electron chi connectivity index (χ0n) is 11.3. The summed E-state index contributed by atoms with van der Waals surface area (Å²) < 4.78 is 6.94. The molecule has 2 aromatic rings. The number of ether oxygens (including phenoxy) is 1.